The molecular weight excluding hydrogens is 140 g/mol. The van der Waals surface area contributed by atoms with E-state index in [2.05, 4.69) is 13.5 Å². The van der Waals surface area contributed by atoms with Gasteiger partial charge < -0.3 is 4.74 Å². The Morgan fingerprint density at radius 1 is 1.73 bits per heavy atom. The van der Waals surface area contributed by atoms with E-state index in [9.17, 15) is 4.79 Å². The quantitative estimate of drug-likeness (QED) is 0.344. The van der Waals surface area contributed by atoms with Gasteiger partial charge in [-0.2, -0.15) is 0 Å². The molecule has 1 radical (unpaired) electrons. The van der Waals surface area contributed by atoms with Crippen LogP contribution in [0.15, 0.2) is 12.7 Å². The zero-order chi connectivity index (χ0) is 8.69. The minimum absolute atomic E-state index is 0.346. The van der Waals surface area contributed by atoms with Gasteiger partial charge in [0.25, 0.3) is 0 Å². The fourth-order valence-corrected chi connectivity index (χ4v) is 0.663. The Balaban J connectivity index is 3.14. The lowest BCUT2D eigenvalue weighted by atomic mass is 10.1. The first-order chi connectivity index (χ1) is 5.16. The number of carbonyl (C=O) groups is 1. The van der Waals surface area contributed by atoms with Crippen LogP contribution in [0.5, 0.6) is 0 Å². The van der Waals surface area contributed by atoms with Crippen LogP contribution < -0.4 is 0 Å². The molecule has 0 fully saturated rings. The van der Waals surface area contributed by atoms with E-state index in [0.29, 0.717) is 12.5 Å². The first kappa shape index (κ1) is 10.2. The molecule has 0 aliphatic carbocycles. The van der Waals surface area contributed by atoms with Crippen LogP contribution in [0.3, 0.4) is 0 Å². The molecule has 0 aliphatic rings. The van der Waals surface area contributed by atoms with Gasteiger partial charge in [-0.25, -0.2) is 4.79 Å². The van der Waals surface area contributed by atoms with Crippen molar-refractivity contribution >= 4 is 5.97 Å². The lowest BCUT2D eigenvalue weighted by molar-refractivity contribution is -0.137. The lowest BCUT2D eigenvalue weighted by Gasteiger charge is -2.03. The number of ether oxygens (including phenoxy) is 1. The van der Waals surface area contributed by atoms with Gasteiger partial charge in [-0.05, 0) is 18.8 Å². The van der Waals surface area contributed by atoms with Gasteiger partial charge >= 0.3 is 5.97 Å². The lowest BCUT2D eigenvalue weighted by Crippen LogP contribution is -2.02. The highest BCUT2D eigenvalue weighted by Gasteiger charge is 1.96. The first-order valence-corrected chi connectivity index (χ1v) is 3.79. The number of carbonyl (C=O) groups excluding carboxylic acids is 1. The molecule has 0 heterocycles. The molecule has 63 valence electrons. The monoisotopic (exact) mass is 155 g/mol. The first-order valence-electron chi connectivity index (χ1n) is 3.79. The maximum Gasteiger partial charge on any atom is 0.330 e. The molecule has 0 saturated heterocycles. The van der Waals surface area contributed by atoms with E-state index in [0.717, 1.165) is 12.8 Å². The Morgan fingerprint density at radius 2 is 2.36 bits per heavy atom. The van der Waals surface area contributed by atoms with Crippen LogP contribution in [0, 0.1) is 12.8 Å². The second-order valence-corrected chi connectivity index (χ2v) is 2.62. The molecule has 0 aromatic rings. The summed E-state index contributed by atoms with van der Waals surface area (Å²) in [7, 11) is 0. The summed E-state index contributed by atoms with van der Waals surface area (Å²) in [5.74, 6) is 0.0825. The highest BCUT2D eigenvalue weighted by molar-refractivity contribution is 5.81. The fourth-order valence-electron chi connectivity index (χ4n) is 0.663. The van der Waals surface area contributed by atoms with Crippen molar-refractivity contribution in [2.24, 2.45) is 5.92 Å². The Morgan fingerprint density at radius 3 is 2.82 bits per heavy atom. The Labute approximate surface area is 68.2 Å². The summed E-state index contributed by atoms with van der Waals surface area (Å²) in [5.41, 5.74) is 0. The summed E-state index contributed by atoms with van der Waals surface area (Å²) in [4.78, 5) is 10.5. The fraction of sp³-hybridized carbons (Fsp3) is 0.556. The van der Waals surface area contributed by atoms with E-state index >= 15 is 0 Å². The minimum atomic E-state index is -0.346. The van der Waals surface area contributed by atoms with Crippen LogP contribution in [-0.2, 0) is 9.53 Å². The summed E-state index contributed by atoms with van der Waals surface area (Å²) in [6, 6.07) is 0. The number of hydrogen-bond acceptors (Lipinski definition) is 2. The van der Waals surface area contributed by atoms with Crippen molar-refractivity contribution in [3.05, 3.63) is 19.6 Å². The number of hydrogen-bond donors (Lipinski definition) is 0. The van der Waals surface area contributed by atoms with Crippen LogP contribution in [0.25, 0.3) is 0 Å². The standard InChI is InChI=1S/C9H15O2/c1-4-9(10)11-7-5-6-8(2)3/h4,8H,1-2,5-7H2,3H3. The molecule has 0 aromatic heterocycles. The van der Waals surface area contributed by atoms with Crippen molar-refractivity contribution in [3.63, 3.8) is 0 Å². The SMILES string of the molecule is [CH2]C(C)CCCOC(=O)C=C. The van der Waals surface area contributed by atoms with E-state index in [1.807, 2.05) is 6.92 Å². The molecule has 0 amide bonds. The van der Waals surface area contributed by atoms with Gasteiger partial charge in [0, 0.05) is 6.08 Å². The minimum Gasteiger partial charge on any atom is -0.463 e. The van der Waals surface area contributed by atoms with Crippen LogP contribution in [-0.4, -0.2) is 12.6 Å². The average Bonchev–Trinajstić information content (AvgIpc) is 1.97. The summed E-state index contributed by atoms with van der Waals surface area (Å²) in [6.07, 6.45) is 3.04. The van der Waals surface area contributed by atoms with Gasteiger partial charge in [-0.3, -0.25) is 0 Å². The zero-order valence-corrected chi connectivity index (χ0v) is 7.01. The van der Waals surface area contributed by atoms with Gasteiger partial charge in [0.2, 0.25) is 0 Å². The molecule has 0 aliphatic heterocycles. The molecule has 0 N–H and O–H groups in total. The van der Waals surface area contributed by atoms with Gasteiger partial charge in [0.1, 0.15) is 0 Å². The number of rotatable bonds is 5. The number of esters is 1. The van der Waals surface area contributed by atoms with Crippen molar-refractivity contribution in [2.45, 2.75) is 19.8 Å². The summed E-state index contributed by atoms with van der Waals surface area (Å²) in [5, 5.41) is 0. The molecule has 1 atom stereocenters. The van der Waals surface area contributed by atoms with Crippen molar-refractivity contribution in [2.75, 3.05) is 6.61 Å². The second-order valence-electron chi connectivity index (χ2n) is 2.62. The molecule has 0 spiro atoms. The molecular formula is C9H15O2. The third kappa shape index (κ3) is 7.10. The molecule has 11 heavy (non-hydrogen) atoms. The van der Waals surface area contributed by atoms with Gasteiger partial charge in [0.05, 0.1) is 6.61 Å². The molecule has 0 saturated carbocycles. The predicted octanol–water partition coefficient (Wildman–Crippen LogP) is 1.97. The van der Waals surface area contributed by atoms with Crippen molar-refractivity contribution in [1.82, 2.24) is 0 Å². The van der Waals surface area contributed by atoms with Gasteiger partial charge in [-0.1, -0.05) is 20.4 Å². The van der Waals surface area contributed by atoms with E-state index in [4.69, 9.17) is 4.74 Å². The second kappa shape index (κ2) is 5.96. The summed E-state index contributed by atoms with van der Waals surface area (Å²) >= 11 is 0. The molecule has 2 heteroatoms. The normalized spacial score (nSPS) is 9.73. The van der Waals surface area contributed by atoms with E-state index < -0.39 is 0 Å². The molecule has 2 nitrogen and oxygen atoms in total. The van der Waals surface area contributed by atoms with Gasteiger partial charge in [-0.15, -0.1) is 0 Å². The predicted molar refractivity (Wildman–Crippen MR) is 44.9 cm³/mol. The zero-order valence-electron chi connectivity index (χ0n) is 7.01. The summed E-state index contributed by atoms with van der Waals surface area (Å²) < 4.78 is 4.76. The maximum absolute atomic E-state index is 10.5. The van der Waals surface area contributed by atoms with E-state index in [1.54, 1.807) is 0 Å². The maximum atomic E-state index is 10.5. The largest absolute Gasteiger partial charge is 0.463 e. The van der Waals surface area contributed by atoms with Crippen LogP contribution >= 0.6 is 0 Å². The van der Waals surface area contributed by atoms with E-state index in [1.165, 1.54) is 6.08 Å². The third-order valence-corrected chi connectivity index (χ3v) is 1.25. The Hall–Kier alpha value is -0.790. The molecule has 1 unspecified atom stereocenters. The van der Waals surface area contributed by atoms with Crippen LogP contribution in [0.4, 0.5) is 0 Å². The highest BCUT2D eigenvalue weighted by atomic mass is 16.5. The Bertz CT molecular complexity index is 128. The van der Waals surface area contributed by atoms with Crippen LogP contribution in [0.1, 0.15) is 19.8 Å². The highest BCUT2D eigenvalue weighted by Crippen LogP contribution is 2.02. The smallest absolute Gasteiger partial charge is 0.330 e. The summed E-state index contributed by atoms with van der Waals surface area (Å²) in [6.45, 7) is 9.62. The van der Waals surface area contributed by atoms with E-state index in [-0.39, 0.29) is 5.97 Å². The van der Waals surface area contributed by atoms with Crippen molar-refractivity contribution in [1.29, 1.82) is 0 Å². The third-order valence-electron chi connectivity index (χ3n) is 1.25. The Kier molecular flexibility index (Phi) is 5.53. The van der Waals surface area contributed by atoms with Crippen LogP contribution in [0.2, 0.25) is 0 Å². The van der Waals surface area contributed by atoms with Crippen molar-refractivity contribution in [3.8, 4) is 0 Å². The molecule has 0 bridgehead atoms. The topological polar surface area (TPSA) is 26.3 Å². The van der Waals surface area contributed by atoms with Gasteiger partial charge in [0.15, 0.2) is 0 Å². The molecule has 0 rings (SSSR count). The van der Waals surface area contributed by atoms with Crippen molar-refractivity contribution < 1.29 is 9.53 Å². The molecule has 0 aromatic carbocycles. The average molecular weight is 155 g/mol.